The van der Waals surface area contributed by atoms with E-state index in [0.29, 0.717) is 25.3 Å². The molecule has 1 aromatic heterocycles. The second kappa shape index (κ2) is 8.21. The third-order valence-corrected chi connectivity index (χ3v) is 5.86. The number of aryl methyl sites for hydroxylation is 2. The highest BCUT2D eigenvalue weighted by Gasteiger charge is 2.40. The van der Waals surface area contributed by atoms with Gasteiger partial charge in [-0.05, 0) is 39.7 Å². The number of nitrogens with two attached hydrogens (primary N) is 1. The minimum Gasteiger partial charge on any atom is -0.368 e. The van der Waals surface area contributed by atoms with Gasteiger partial charge in [0.05, 0.1) is 6.42 Å². The number of piperidine rings is 2. The molecule has 2 aliphatic heterocycles. The molecule has 2 aliphatic rings. The van der Waals surface area contributed by atoms with Gasteiger partial charge in [-0.15, -0.1) is 0 Å². The zero-order chi connectivity index (χ0) is 19.6. The maximum atomic E-state index is 12.9. The van der Waals surface area contributed by atoms with Crippen molar-refractivity contribution >= 4 is 17.8 Å². The number of nitrogens with zero attached hydrogens (tertiary/aromatic N) is 4. The topological polar surface area (TPSA) is 104 Å². The van der Waals surface area contributed by atoms with Crippen molar-refractivity contribution in [3.63, 3.8) is 0 Å². The summed E-state index contributed by atoms with van der Waals surface area (Å²) >= 11 is 0. The molecule has 8 nitrogen and oxygen atoms in total. The Labute approximate surface area is 160 Å². The fraction of sp³-hybridized carbons (Fsp3) is 0.684. The molecule has 0 saturated carbocycles. The van der Waals surface area contributed by atoms with E-state index in [0.717, 1.165) is 49.4 Å². The van der Waals surface area contributed by atoms with Crippen molar-refractivity contribution in [3.8, 4) is 0 Å². The van der Waals surface area contributed by atoms with E-state index in [-0.39, 0.29) is 23.8 Å². The summed E-state index contributed by atoms with van der Waals surface area (Å²) in [5, 5.41) is 3.12. The number of carbonyl (C=O) groups excluding carboxylic acids is 2. The molecule has 2 atom stereocenters. The van der Waals surface area contributed by atoms with Crippen LogP contribution in [0.3, 0.4) is 0 Å². The molecule has 148 valence electrons. The average molecular weight is 374 g/mol. The van der Waals surface area contributed by atoms with Crippen LogP contribution in [0.25, 0.3) is 0 Å². The number of hydrogen-bond donors (Lipinski definition) is 2. The van der Waals surface area contributed by atoms with Crippen molar-refractivity contribution < 1.29 is 9.59 Å². The summed E-state index contributed by atoms with van der Waals surface area (Å²) in [5.74, 6) is 0.959. The SMILES string of the molecule is CNCCN1C(=O)CC[C@H]2CN(C(=O)Cc3c(C)nc(N)nc3C)CC[C@H]21. The van der Waals surface area contributed by atoms with Crippen LogP contribution in [0.1, 0.15) is 36.2 Å². The quantitative estimate of drug-likeness (QED) is 0.767. The summed E-state index contributed by atoms with van der Waals surface area (Å²) in [6, 6.07) is 0.256. The van der Waals surface area contributed by atoms with Gasteiger partial charge in [-0.25, -0.2) is 9.97 Å². The van der Waals surface area contributed by atoms with Gasteiger partial charge < -0.3 is 20.9 Å². The highest BCUT2D eigenvalue weighted by Crippen LogP contribution is 2.31. The summed E-state index contributed by atoms with van der Waals surface area (Å²) in [7, 11) is 1.90. The molecule has 27 heavy (non-hydrogen) atoms. The van der Waals surface area contributed by atoms with Crippen LogP contribution < -0.4 is 11.1 Å². The molecule has 2 amide bonds. The van der Waals surface area contributed by atoms with Gasteiger partial charge in [-0.2, -0.15) is 0 Å². The Morgan fingerprint density at radius 3 is 2.63 bits per heavy atom. The largest absolute Gasteiger partial charge is 0.368 e. The van der Waals surface area contributed by atoms with Crippen molar-refractivity contribution in [1.29, 1.82) is 0 Å². The standard InChI is InChI=1S/C19H30N6O2/c1-12-15(13(2)23-19(20)22-12)10-18(27)24-8-6-16-14(11-24)4-5-17(26)25(16)9-7-21-3/h14,16,21H,4-11H2,1-3H3,(H2,20,22,23)/t14-,16+/m0/s1. The Morgan fingerprint density at radius 2 is 1.96 bits per heavy atom. The van der Waals surface area contributed by atoms with Crippen LogP contribution in [0, 0.1) is 19.8 Å². The van der Waals surface area contributed by atoms with Gasteiger partial charge in [0.1, 0.15) is 0 Å². The molecular formula is C19H30N6O2. The Balaban J connectivity index is 1.65. The predicted octanol–water partition coefficient (Wildman–Crippen LogP) is 0.277. The van der Waals surface area contributed by atoms with Crippen LogP contribution in [0.5, 0.6) is 0 Å². The number of rotatable bonds is 5. The average Bonchev–Trinajstić information content (AvgIpc) is 2.63. The number of hydrogen-bond acceptors (Lipinski definition) is 6. The molecule has 2 fully saturated rings. The first-order valence-electron chi connectivity index (χ1n) is 9.72. The van der Waals surface area contributed by atoms with Gasteiger partial charge in [0.2, 0.25) is 17.8 Å². The minimum absolute atomic E-state index is 0.103. The van der Waals surface area contributed by atoms with Crippen LogP contribution in [0.15, 0.2) is 0 Å². The van der Waals surface area contributed by atoms with Crippen LogP contribution in [-0.4, -0.2) is 70.9 Å². The zero-order valence-electron chi connectivity index (χ0n) is 16.5. The van der Waals surface area contributed by atoms with Gasteiger partial charge in [-0.3, -0.25) is 9.59 Å². The number of aromatic nitrogens is 2. The van der Waals surface area contributed by atoms with E-state index in [9.17, 15) is 9.59 Å². The summed E-state index contributed by atoms with van der Waals surface area (Å²) in [6.45, 7) is 6.69. The highest BCUT2D eigenvalue weighted by atomic mass is 16.2. The first-order valence-corrected chi connectivity index (χ1v) is 9.72. The van der Waals surface area contributed by atoms with Crippen molar-refractivity contribution in [3.05, 3.63) is 17.0 Å². The van der Waals surface area contributed by atoms with Crippen LogP contribution in [-0.2, 0) is 16.0 Å². The molecule has 0 unspecified atom stereocenters. The molecule has 0 radical (unpaired) electrons. The number of amides is 2. The van der Waals surface area contributed by atoms with Crippen LogP contribution in [0.2, 0.25) is 0 Å². The first kappa shape index (κ1) is 19.5. The molecule has 0 bridgehead atoms. The lowest BCUT2D eigenvalue weighted by molar-refractivity contribution is -0.143. The Kier molecular flexibility index (Phi) is 5.94. The van der Waals surface area contributed by atoms with Gasteiger partial charge in [0.15, 0.2) is 0 Å². The summed E-state index contributed by atoms with van der Waals surface area (Å²) < 4.78 is 0. The summed E-state index contributed by atoms with van der Waals surface area (Å²) in [6.07, 6.45) is 2.60. The predicted molar refractivity (Wildman–Crippen MR) is 103 cm³/mol. The molecule has 3 heterocycles. The van der Waals surface area contributed by atoms with E-state index in [1.165, 1.54) is 0 Å². The van der Waals surface area contributed by atoms with E-state index in [2.05, 4.69) is 15.3 Å². The van der Waals surface area contributed by atoms with E-state index in [1.807, 2.05) is 30.7 Å². The number of carbonyl (C=O) groups is 2. The normalized spacial score (nSPS) is 22.7. The third-order valence-electron chi connectivity index (χ3n) is 5.86. The fourth-order valence-corrected chi connectivity index (χ4v) is 4.38. The maximum Gasteiger partial charge on any atom is 0.227 e. The van der Waals surface area contributed by atoms with Gasteiger partial charge >= 0.3 is 0 Å². The van der Waals surface area contributed by atoms with E-state index >= 15 is 0 Å². The number of nitrogen functional groups attached to an aromatic ring is 1. The Bertz CT molecular complexity index is 699. The number of nitrogens with one attached hydrogen (secondary N) is 1. The van der Waals surface area contributed by atoms with Crippen molar-refractivity contribution in [2.45, 2.75) is 45.6 Å². The summed E-state index contributed by atoms with van der Waals surface area (Å²) in [4.78, 5) is 37.6. The molecule has 0 aromatic carbocycles. The number of likely N-dealkylation sites (tertiary alicyclic amines) is 2. The third kappa shape index (κ3) is 4.21. The van der Waals surface area contributed by atoms with Gasteiger partial charge in [0, 0.05) is 55.6 Å². The first-order chi connectivity index (χ1) is 12.9. The lowest BCUT2D eigenvalue weighted by atomic mass is 9.83. The minimum atomic E-state index is 0.103. The number of anilines is 1. The molecule has 2 saturated heterocycles. The smallest absolute Gasteiger partial charge is 0.227 e. The van der Waals surface area contributed by atoms with Crippen molar-refractivity contribution in [1.82, 2.24) is 25.1 Å². The van der Waals surface area contributed by atoms with Gasteiger partial charge in [-0.1, -0.05) is 0 Å². The van der Waals surface area contributed by atoms with Crippen molar-refractivity contribution in [2.24, 2.45) is 5.92 Å². The Hall–Kier alpha value is -2.22. The van der Waals surface area contributed by atoms with Gasteiger partial charge in [0.25, 0.3) is 0 Å². The lowest BCUT2D eigenvalue weighted by Gasteiger charge is -2.47. The molecule has 0 aliphatic carbocycles. The monoisotopic (exact) mass is 374 g/mol. The fourth-order valence-electron chi connectivity index (χ4n) is 4.38. The van der Waals surface area contributed by atoms with E-state index in [4.69, 9.17) is 5.73 Å². The van der Waals surface area contributed by atoms with E-state index in [1.54, 1.807) is 0 Å². The molecule has 3 rings (SSSR count). The molecule has 1 aromatic rings. The highest BCUT2D eigenvalue weighted by molar-refractivity contribution is 5.80. The zero-order valence-corrected chi connectivity index (χ0v) is 16.5. The number of likely N-dealkylation sites (N-methyl/N-ethyl adjacent to an activating group) is 1. The Morgan fingerprint density at radius 1 is 1.26 bits per heavy atom. The van der Waals surface area contributed by atoms with E-state index < -0.39 is 0 Å². The second-order valence-electron chi connectivity index (χ2n) is 7.59. The lowest BCUT2D eigenvalue weighted by Crippen LogP contribution is -2.58. The molecular weight excluding hydrogens is 344 g/mol. The molecule has 3 N–H and O–H groups in total. The van der Waals surface area contributed by atoms with Crippen LogP contribution >= 0.6 is 0 Å². The van der Waals surface area contributed by atoms with Crippen molar-refractivity contribution in [2.75, 3.05) is 39.0 Å². The summed E-state index contributed by atoms with van der Waals surface area (Å²) in [5.41, 5.74) is 8.08. The molecule has 0 spiro atoms. The van der Waals surface area contributed by atoms with Crippen LogP contribution in [0.4, 0.5) is 5.95 Å². The molecule has 8 heteroatoms. The second-order valence-corrected chi connectivity index (χ2v) is 7.59. The maximum absolute atomic E-state index is 12.9. The number of fused-ring (bicyclic) bond motifs is 1.